The van der Waals surface area contributed by atoms with Crippen LogP contribution in [0.4, 0.5) is 0 Å². The lowest BCUT2D eigenvalue weighted by atomic mass is 9.96. The number of carbonyl (C=O) groups is 2. The van der Waals surface area contributed by atoms with Crippen LogP contribution in [0.3, 0.4) is 0 Å². The van der Waals surface area contributed by atoms with Crippen LogP contribution in [0.5, 0.6) is 0 Å². The minimum atomic E-state index is -0.625. The van der Waals surface area contributed by atoms with Gasteiger partial charge in [-0.1, -0.05) is 42.5 Å². The van der Waals surface area contributed by atoms with Gasteiger partial charge in [-0.05, 0) is 32.4 Å². The summed E-state index contributed by atoms with van der Waals surface area (Å²) in [6.07, 6.45) is 0.454. The maximum atomic E-state index is 13.5. The number of ether oxygens (including phenoxy) is 1. The van der Waals surface area contributed by atoms with E-state index in [4.69, 9.17) is 4.74 Å². The number of nitrogens with one attached hydrogen (secondary N) is 2. The van der Waals surface area contributed by atoms with Crippen LogP contribution in [0.15, 0.2) is 48.5 Å². The zero-order valence-electron chi connectivity index (χ0n) is 18.1. The van der Waals surface area contributed by atoms with Gasteiger partial charge < -0.3 is 19.6 Å². The molecule has 1 atom stereocenters. The van der Waals surface area contributed by atoms with E-state index in [1.165, 1.54) is 7.11 Å². The Morgan fingerprint density at radius 1 is 1.03 bits per heavy atom. The van der Waals surface area contributed by atoms with Crippen LogP contribution in [-0.4, -0.2) is 34.1 Å². The summed E-state index contributed by atoms with van der Waals surface area (Å²) in [6.45, 7) is 5.84. The Hall–Kier alpha value is -3.54. The standard InChI is InChI=1S/C25H25N3O3/c1-25(2,3)27-23(29)22-16-11-6-5-10-15(16)21-20-17(13-19(28(21)22)24(30)31-4)14-9-7-8-12-18(14)26-20/h5-12,19,26H,13H2,1-4H3,(H,27,29)/t19-/m0/s1. The highest BCUT2D eigenvalue weighted by atomic mass is 16.5. The van der Waals surface area contributed by atoms with Crippen LogP contribution in [0.2, 0.25) is 0 Å². The van der Waals surface area contributed by atoms with Gasteiger partial charge in [0.05, 0.1) is 18.5 Å². The molecule has 1 aliphatic heterocycles. The van der Waals surface area contributed by atoms with E-state index >= 15 is 0 Å². The molecule has 0 saturated carbocycles. The first-order valence-corrected chi connectivity index (χ1v) is 10.4. The van der Waals surface area contributed by atoms with Crippen LogP contribution < -0.4 is 5.32 Å². The largest absolute Gasteiger partial charge is 0.467 e. The molecule has 1 aliphatic rings. The first kappa shape index (κ1) is 19.4. The van der Waals surface area contributed by atoms with Crippen LogP contribution in [-0.2, 0) is 16.0 Å². The average molecular weight is 415 g/mol. The van der Waals surface area contributed by atoms with Gasteiger partial charge in [0.1, 0.15) is 11.7 Å². The first-order valence-electron chi connectivity index (χ1n) is 10.4. The van der Waals surface area contributed by atoms with E-state index in [0.29, 0.717) is 12.1 Å². The van der Waals surface area contributed by atoms with Crippen molar-refractivity contribution in [3.05, 3.63) is 59.8 Å². The lowest BCUT2D eigenvalue weighted by molar-refractivity contribution is -0.144. The number of rotatable bonds is 2. The lowest BCUT2D eigenvalue weighted by Gasteiger charge is -2.28. The second-order valence-electron chi connectivity index (χ2n) is 9.08. The molecule has 2 aromatic heterocycles. The Morgan fingerprint density at radius 2 is 1.68 bits per heavy atom. The molecule has 0 unspecified atom stereocenters. The van der Waals surface area contributed by atoms with Crippen molar-refractivity contribution in [3.8, 4) is 11.4 Å². The molecule has 158 valence electrons. The number of para-hydroxylation sites is 1. The molecule has 1 amide bonds. The molecule has 2 aromatic carbocycles. The highest BCUT2D eigenvalue weighted by Crippen LogP contribution is 2.45. The highest BCUT2D eigenvalue weighted by molar-refractivity contribution is 6.13. The van der Waals surface area contributed by atoms with Crippen LogP contribution in [0.1, 0.15) is 42.9 Å². The zero-order chi connectivity index (χ0) is 21.9. The van der Waals surface area contributed by atoms with Crippen LogP contribution in [0, 0.1) is 0 Å². The van der Waals surface area contributed by atoms with Crippen molar-refractivity contribution in [2.75, 3.05) is 7.11 Å². The van der Waals surface area contributed by atoms with Gasteiger partial charge in [0.15, 0.2) is 0 Å². The van der Waals surface area contributed by atoms with Gasteiger partial charge in [0, 0.05) is 33.6 Å². The Balaban J connectivity index is 1.88. The number of aromatic amines is 1. The molecular weight excluding hydrogens is 390 g/mol. The number of amides is 1. The van der Waals surface area contributed by atoms with Gasteiger partial charge in [-0.2, -0.15) is 0 Å². The second-order valence-corrected chi connectivity index (χ2v) is 9.08. The van der Waals surface area contributed by atoms with Crippen molar-refractivity contribution in [1.82, 2.24) is 14.9 Å². The topological polar surface area (TPSA) is 76.1 Å². The summed E-state index contributed by atoms with van der Waals surface area (Å²) in [5.74, 6) is -0.564. The van der Waals surface area contributed by atoms with E-state index in [0.717, 1.165) is 38.6 Å². The molecule has 0 radical (unpaired) electrons. The summed E-state index contributed by atoms with van der Waals surface area (Å²) in [4.78, 5) is 29.9. The quantitative estimate of drug-likeness (QED) is 0.470. The molecule has 4 aromatic rings. The van der Waals surface area contributed by atoms with Gasteiger partial charge in [0.2, 0.25) is 0 Å². The maximum Gasteiger partial charge on any atom is 0.329 e. The van der Waals surface area contributed by atoms with Gasteiger partial charge in [-0.25, -0.2) is 4.79 Å². The normalized spacial score (nSPS) is 15.5. The second kappa shape index (κ2) is 6.74. The van der Waals surface area contributed by atoms with Crippen molar-refractivity contribution >= 4 is 33.6 Å². The van der Waals surface area contributed by atoms with Gasteiger partial charge >= 0.3 is 5.97 Å². The molecule has 6 nitrogen and oxygen atoms in total. The number of methoxy groups -OCH3 is 1. The van der Waals surface area contributed by atoms with Crippen molar-refractivity contribution in [2.45, 2.75) is 38.8 Å². The first-order chi connectivity index (χ1) is 14.8. The summed E-state index contributed by atoms with van der Waals surface area (Å²) in [5, 5.41) is 5.91. The van der Waals surface area contributed by atoms with Gasteiger partial charge in [0.25, 0.3) is 5.91 Å². The van der Waals surface area contributed by atoms with Crippen molar-refractivity contribution in [1.29, 1.82) is 0 Å². The number of hydrogen-bond acceptors (Lipinski definition) is 3. The molecular formula is C25H25N3O3. The van der Waals surface area contributed by atoms with Gasteiger partial charge in [-0.15, -0.1) is 0 Å². The van der Waals surface area contributed by atoms with E-state index in [1.807, 2.05) is 67.8 Å². The predicted molar refractivity (Wildman–Crippen MR) is 121 cm³/mol. The Kier molecular flexibility index (Phi) is 4.22. The fourth-order valence-corrected chi connectivity index (χ4v) is 4.69. The Labute approximate surface area is 180 Å². The highest BCUT2D eigenvalue weighted by Gasteiger charge is 2.38. The summed E-state index contributed by atoms with van der Waals surface area (Å²) in [7, 11) is 1.39. The van der Waals surface area contributed by atoms with E-state index in [2.05, 4.69) is 16.4 Å². The minimum absolute atomic E-state index is 0.205. The molecule has 0 fully saturated rings. The molecule has 31 heavy (non-hydrogen) atoms. The summed E-state index contributed by atoms with van der Waals surface area (Å²) < 4.78 is 7.05. The fourth-order valence-electron chi connectivity index (χ4n) is 4.69. The number of nitrogens with zero attached hydrogens (tertiary/aromatic N) is 1. The van der Waals surface area contributed by atoms with Crippen molar-refractivity contribution < 1.29 is 14.3 Å². The molecule has 5 rings (SSSR count). The van der Waals surface area contributed by atoms with Crippen molar-refractivity contribution in [2.24, 2.45) is 0 Å². The van der Waals surface area contributed by atoms with Crippen molar-refractivity contribution in [3.63, 3.8) is 0 Å². The van der Waals surface area contributed by atoms with Gasteiger partial charge in [-0.3, -0.25) is 4.79 Å². The number of aromatic nitrogens is 2. The molecule has 3 heterocycles. The molecule has 2 N–H and O–H groups in total. The predicted octanol–water partition coefficient (Wildman–Crippen LogP) is 4.59. The molecule has 6 heteroatoms. The smallest absolute Gasteiger partial charge is 0.329 e. The number of H-pyrrole nitrogens is 1. The van der Waals surface area contributed by atoms with E-state index in [9.17, 15) is 9.59 Å². The van der Waals surface area contributed by atoms with Crippen LogP contribution >= 0.6 is 0 Å². The van der Waals surface area contributed by atoms with E-state index < -0.39 is 11.6 Å². The number of hydrogen-bond donors (Lipinski definition) is 2. The SMILES string of the molecule is COC(=O)[C@@H]1Cc2c([nH]c3ccccc23)-c2c3ccccc3c(C(=O)NC(C)(C)C)n21. The number of fused-ring (bicyclic) bond motifs is 7. The average Bonchev–Trinajstić information content (AvgIpc) is 3.27. The van der Waals surface area contributed by atoms with E-state index in [-0.39, 0.29) is 11.9 Å². The molecule has 0 spiro atoms. The number of carbonyl (C=O) groups excluding carboxylic acids is 2. The molecule has 0 aliphatic carbocycles. The van der Waals surface area contributed by atoms with E-state index in [1.54, 1.807) is 0 Å². The zero-order valence-corrected chi connectivity index (χ0v) is 18.1. The Bertz CT molecular complexity index is 1350. The minimum Gasteiger partial charge on any atom is -0.467 e. The summed E-state index contributed by atoms with van der Waals surface area (Å²) in [6, 6.07) is 15.3. The third-order valence-electron chi connectivity index (χ3n) is 5.86. The number of esters is 1. The number of benzene rings is 2. The third kappa shape index (κ3) is 2.93. The lowest BCUT2D eigenvalue weighted by Crippen LogP contribution is -2.42. The van der Waals surface area contributed by atoms with Crippen LogP contribution in [0.25, 0.3) is 33.1 Å². The molecule has 0 saturated heterocycles. The summed E-state index contributed by atoms with van der Waals surface area (Å²) in [5.41, 5.74) is 3.96. The third-order valence-corrected chi connectivity index (χ3v) is 5.86. The maximum absolute atomic E-state index is 13.5. The molecule has 0 bridgehead atoms. The Morgan fingerprint density at radius 3 is 2.35 bits per heavy atom. The fraction of sp³-hybridized carbons (Fsp3) is 0.280. The monoisotopic (exact) mass is 415 g/mol. The summed E-state index contributed by atoms with van der Waals surface area (Å²) >= 11 is 0.